The first kappa shape index (κ1) is 11.2. The minimum Gasteiger partial charge on any atom is -0.0882 e. The fourth-order valence-electron chi connectivity index (χ4n) is 3.95. The van der Waals surface area contributed by atoms with E-state index in [0.717, 1.165) is 23.7 Å². The molecule has 0 spiro atoms. The predicted molar refractivity (Wildman–Crippen MR) is 66.7 cm³/mol. The van der Waals surface area contributed by atoms with Crippen LogP contribution in [0.5, 0.6) is 0 Å². The van der Waals surface area contributed by atoms with E-state index < -0.39 is 0 Å². The number of allylic oxidation sites excluding steroid dienone is 2. The normalized spacial score (nSPS) is 42.9. The van der Waals surface area contributed by atoms with E-state index in [9.17, 15) is 0 Å². The van der Waals surface area contributed by atoms with Crippen LogP contribution in [-0.4, -0.2) is 0 Å². The molecule has 2 rings (SSSR count). The second-order valence-corrected chi connectivity index (χ2v) is 6.01. The lowest BCUT2D eigenvalue weighted by atomic mass is 9.73. The quantitative estimate of drug-likeness (QED) is 0.587. The highest BCUT2D eigenvalue weighted by Gasteiger charge is 2.54. The van der Waals surface area contributed by atoms with E-state index in [0.29, 0.717) is 5.41 Å². The third kappa shape index (κ3) is 1.77. The van der Waals surface area contributed by atoms with E-state index in [4.69, 9.17) is 0 Å². The van der Waals surface area contributed by atoms with Crippen molar-refractivity contribution in [1.82, 2.24) is 0 Å². The lowest BCUT2D eigenvalue weighted by Gasteiger charge is -2.32. The van der Waals surface area contributed by atoms with Gasteiger partial charge in [0.15, 0.2) is 0 Å². The van der Waals surface area contributed by atoms with Gasteiger partial charge in [-0.05, 0) is 54.8 Å². The molecule has 0 aliphatic heterocycles. The molecule has 1 fully saturated rings. The first-order valence-electron chi connectivity index (χ1n) is 6.78. The zero-order valence-corrected chi connectivity index (χ0v) is 10.8. The lowest BCUT2D eigenvalue weighted by Crippen LogP contribution is -2.25. The van der Waals surface area contributed by atoms with Gasteiger partial charge in [-0.25, -0.2) is 0 Å². The van der Waals surface area contributed by atoms with Crippen molar-refractivity contribution in [2.75, 3.05) is 0 Å². The Bertz CT molecular complexity index is 249. The Hall–Kier alpha value is -0.260. The molecule has 15 heavy (non-hydrogen) atoms. The van der Waals surface area contributed by atoms with Gasteiger partial charge in [0.2, 0.25) is 0 Å². The maximum Gasteiger partial charge on any atom is -0.0202 e. The Morgan fingerprint density at radius 3 is 2.47 bits per heavy atom. The maximum atomic E-state index is 2.50. The van der Waals surface area contributed by atoms with E-state index in [-0.39, 0.29) is 0 Å². The molecule has 0 heterocycles. The highest BCUT2D eigenvalue weighted by Crippen LogP contribution is 2.62. The average molecular weight is 206 g/mol. The molecule has 0 bridgehead atoms. The Labute approximate surface area is 95.1 Å². The van der Waals surface area contributed by atoms with Crippen molar-refractivity contribution >= 4 is 0 Å². The zero-order chi connectivity index (χ0) is 11.1. The van der Waals surface area contributed by atoms with Crippen molar-refractivity contribution in [1.29, 1.82) is 0 Å². The topological polar surface area (TPSA) is 0 Å². The molecule has 0 saturated heterocycles. The summed E-state index contributed by atoms with van der Waals surface area (Å²) in [4.78, 5) is 0. The molecule has 0 radical (unpaired) electrons. The van der Waals surface area contributed by atoms with Crippen LogP contribution in [0.15, 0.2) is 12.2 Å². The number of hydrogen-bond donors (Lipinski definition) is 0. The molecule has 0 nitrogen and oxygen atoms in total. The van der Waals surface area contributed by atoms with Gasteiger partial charge in [-0.1, -0.05) is 39.8 Å². The van der Waals surface area contributed by atoms with Crippen LogP contribution in [0, 0.1) is 29.1 Å². The number of rotatable bonds is 4. The van der Waals surface area contributed by atoms with Crippen molar-refractivity contribution in [3.05, 3.63) is 12.2 Å². The highest BCUT2D eigenvalue weighted by atomic mass is 14.6. The molecule has 0 aromatic heterocycles. The summed E-state index contributed by atoms with van der Waals surface area (Å²) in [5.74, 6) is 3.64. The van der Waals surface area contributed by atoms with Crippen molar-refractivity contribution in [3.8, 4) is 0 Å². The largest absolute Gasteiger partial charge is 0.0882 e. The molecule has 0 heteroatoms. The summed E-state index contributed by atoms with van der Waals surface area (Å²) >= 11 is 0. The van der Waals surface area contributed by atoms with Gasteiger partial charge in [-0.15, -0.1) is 0 Å². The van der Waals surface area contributed by atoms with E-state index in [1.54, 1.807) is 0 Å². The van der Waals surface area contributed by atoms with Gasteiger partial charge in [-0.2, -0.15) is 0 Å². The Balaban J connectivity index is 2.00. The van der Waals surface area contributed by atoms with Crippen LogP contribution >= 0.6 is 0 Å². The van der Waals surface area contributed by atoms with Gasteiger partial charge in [0.05, 0.1) is 0 Å². The fraction of sp³-hybridized carbons (Fsp3) is 0.867. The van der Waals surface area contributed by atoms with Crippen molar-refractivity contribution in [2.45, 2.75) is 53.4 Å². The van der Waals surface area contributed by atoms with Crippen molar-refractivity contribution in [2.24, 2.45) is 29.1 Å². The molecule has 0 amide bonds. The predicted octanol–water partition coefficient (Wildman–Crippen LogP) is 4.66. The van der Waals surface area contributed by atoms with Crippen LogP contribution < -0.4 is 0 Å². The lowest BCUT2D eigenvalue weighted by molar-refractivity contribution is 0.178. The summed E-state index contributed by atoms with van der Waals surface area (Å²) in [6, 6.07) is 0. The smallest absolute Gasteiger partial charge is 0.0202 e. The number of hydrogen-bond acceptors (Lipinski definition) is 0. The molecule has 86 valence electrons. The first-order chi connectivity index (χ1) is 7.12. The monoisotopic (exact) mass is 206 g/mol. The standard InChI is InChI=1S/C15H26/c1-5-15(10-11(15)2)13(4)12(3)14-8-6-7-9-14/h6,8,11-14H,5,7,9-10H2,1-4H3. The van der Waals surface area contributed by atoms with E-state index in [1.165, 1.54) is 25.7 Å². The van der Waals surface area contributed by atoms with Crippen LogP contribution in [0.25, 0.3) is 0 Å². The van der Waals surface area contributed by atoms with Crippen molar-refractivity contribution < 1.29 is 0 Å². The summed E-state index contributed by atoms with van der Waals surface area (Å²) in [6.45, 7) is 9.81. The van der Waals surface area contributed by atoms with Crippen LogP contribution in [0.4, 0.5) is 0 Å². The highest BCUT2D eigenvalue weighted by molar-refractivity contribution is 5.06. The molecular weight excluding hydrogens is 180 g/mol. The summed E-state index contributed by atoms with van der Waals surface area (Å²) in [6.07, 6.45) is 10.4. The third-order valence-corrected chi connectivity index (χ3v) is 5.59. The molecule has 5 unspecified atom stereocenters. The second kappa shape index (κ2) is 3.96. The van der Waals surface area contributed by atoms with Gasteiger partial charge >= 0.3 is 0 Å². The average Bonchev–Trinajstić information content (AvgIpc) is 2.70. The fourth-order valence-corrected chi connectivity index (χ4v) is 3.95. The minimum atomic E-state index is 0.704. The van der Waals surface area contributed by atoms with E-state index >= 15 is 0 Å². The van der Waals surface area contributed by atoms with Crippen LogP contribution in [0.2, 0.25) is 0 Å². The first-order valence-corrected chi connectivity index (χ1v) is 6.78. The van der Waals surface area contributed by atoms with Crippen molar-refractivity contribution in [3.63, 3.8) is 0 Å². The van der Waals surface area contributed by atoms with Gasteiger partial charge < -0.3 is 0 Å². The molecule has 0 N–H and O–H groups in total. The second-order valence-electron chi connectivity index (χ2n) is 6.01. The molecule has 5 atom stereocenters. The summed E-state index contributed by atoms with van der Waals surface area (Å²) in [5, 5.41) is 0. The van der Waals surface area contributed by atoms with Crippen LogP contribution in [0.1, 0.15) is 53.4 Å². The molecule has 2 aliphatic carbocycles. The zero-order valence-electron chi connectivity index (χ0n) is 10.8. The third-order valence-electron chi connectivity index (χ3n) is 5.59. The van der Waals surface area contributed by atoms with E-state index in [1.807, 2.05) is 0 Å². The molecule has 1 saturated carbocycles. The summed E-state index contributed by atoms with van der Waals surface area (Å²) in [7, 11) is 0. The SMILES string of the molecule is CCC1(C(C)C(C)C2C=CCC2)CC1C. The summed E-state index contributed by atoms with van der Waals surface area (Å²) in [5.41, 5.74) is 0.704. The maximum absolute atomic E-state index is 2.50. The van der Waals surface area contributed by atoms with Gasteiger partial charge in [0.1, 0.15) is 0 Å². The van der Waals surface area contributed by atoms with E-state index in [2.05, 4.69) is 39.8 Å². The van der Waals surface area contributed by atoms with Crippen LogP contribution in [0.3, 0.4) is 0 Å². The summed E-state index contributed by atoms with van der Waals surface area (Å²) < 4.78 is 0. The van der Waals surface area contributed by atoms with Gasteiger partial charge in [-0.3, -0.25) is 0 Å². The van der Waals surface area contributed by atoms with Gasteiger partial charge in [0, 0.05) is 0 Å². The molecular formula is C15H26. The molecule has 0 aromatic carbocycles. The Kier molecular flexibility index (Phi) is 2.96. The van der Waals surface area contributed by atoms with Crippen LogP contribution in [-0.2, 0) is 0 Å². The molecule has 2 aliphatic rings. The Morgan fingerprint density at radius 2 is 2.07 bits per heavy atom. The minimum absolute atomic E-state index is 0.704. The molecule has 0 aromatic rings. The van der Waals surface area contributed by atoms with Gasteiger partial charge in [0.25, 0.3) is 0 Å². The Morgan fingerprint density at radius 1 is 1.40 bits per heavy atom.